The zero-order valence-corrected chi connectivity index (χ0v) is 17.1. The highest BCUT2D eigenvalue weighted by Crippen LogP contribution is 2.32. The van der Waals surface area contributed by atoms with Crippen LogP contribution in [0.4, 0.5) is 16.8 Å². The van der Waals surface area contributed by atoms with Crippen molar-refractivity contribution in [1.82, 2.24) is 15.0 Å². The lowest BCUT2D eigenvalue weighted by molar-refractivity contribution is 0.211. The van der Waals surface area contributed by atoms with Crippen LogP contribution in [0.3, 0.4) is 0 Å². The molecule has 0 fully saturated rings. The number of rotatable bonds is 9. The van der Waals surface area contributed by atoms with Gasteiger partial charge in [-0.05, 0) is 13.0 Å². The van der Waals surface area contributed by atoms with E-state index >= 15 is 0 Å². The Balaban J connectivity index is 1.81. The summed E-state index contributed by atoms with van der Waals surface area (Å²) in [5, 5.41) is 7.30. The Kier molecular flexibility index (Phi) is 6.62. The fraction of sp³-hybridized carbons (Fsp3) is 0.316. The number of ether oxygens (including phenoxy) is 3. The average molecular weight is 401 g/mol. The van der Waals surface area contributed by atoms with Crippen molar-refractivity contribution in [2.75, 3.05) is 45.1 Å². The standard InChI is InChI=1S/C19H23N5O3S/c1-12-17(28-19(22-12)21-7-8-25-2)16-5-6-20-18(24-16)23-13-9-14(26-3)11-15(10-13)27-4/h5-6,9-11H,7-8H2,1-4H3,(H,21,22)(H,20,23,24). The summed E-state index contributed by atoms with van der Waals surface area (Å²) < 4.78 is 15.7. The minimum absolute atomic E-state index is 0.481. The van der Waals surface area contributed by atoms with Crippen LogP contribution in [0.15, 0.2) is 30.5 Å². The number of benzene rings is 1. The van der Waals surface area contributed by atoms with Gasteiger partial charge in [0.15, 0.2) is 5.13 Å². The summed E-state index contributed by atoms with van der Waals surface area (Å²) in [6.45, 7) is 3.30. The molecule has 28 heavy (non-hydrogen) atoms. The molecule has 0 aliphatic rings. The molecule has 0 radical (unpaired) electrons. The number of aromatic nitrogens is 3. The molecule has 0 spiro atoms. The number of aryl methyl sites for hydroxylation is 1. The summed E-state index contributed by atoms with van der Waals surface area (Å²) in [4.78, 5) is 14.5. The molecule has 2 N–H and O–H groups in total. The molecule has 0 saturated heterocycles. The first-order valence-electron chi connectivity index (χ1n) is 8.66. The van der Waals surface area contributed by atoms with E-state index in [0.29, 0.717) is 30.6 Å². The maximum atomic E-state index is 5.30. The number of anilines is 3. The zero-order chi connectivity index (χ0) is 19.9. The molecule has 0 saturated carbocycles. The van der Waals surface area contributed by atoms with Gasteiger partial charge in [-0.2, -0.15) is 0 Å². The summed E-state index contributed by atoms with van der Waals surface area (Å²) >= 11 is 1.55. The fourth-order valence-corrected chi connectivity index (χ4v) is 3.49. The van der Waals surface area contributed by atoms with Crippen molar-refractivity contribution >= 4 is 28.1 Å². The molecule has 0 aliphatic carbocycles. The van der Waals surface area contributed by atoms with Crippen molar-refractivity contribution in [3.63, 3.8) is 0 Å². The SMILES string of the molecule is COCCNc1nc(C)c(-c2ccnc(Nc3cc(OC)cc(OC)c3)n2)s1. The molecule has 1 aromatic carbocycles. The van der Waals surface area contributed by atoms with Gasteiger partial charge < -0.3 is 24.8 Å². The van der Waals surface area contributed by atoms with Crippen LogP contribution >= 0.6 is 11.3 Å². The lowest BCUT2D eigenvalue weighted by Crippen LogP contribution is -2.06. The number of hydrogen-bond donors (Lipinski definition) is 2. The van der Waals surface area contributed by atoms with E-state index in [4.69, 9.17) is 14.2 Å². The topological polar surface area (TPSA) is 90.4 Å². The first-order chi connectivity index (χ1) is 13.6. The van der Waals surface area contributed by atoms with E-state index in [1.54, 1.807) is 44.9 Å². The normalized spacial score (nSPS) is 10.6. The Morgan fingerprint density at radius 2 is 1.79 bits per heavy atom. The minimum atomic E-state index is 0.481. The van der Waals surface area contributed by atoms with Crippen molar-refractivity contribution in [1.29, 1.82) is 0 Å². The summed E-state index contributed by atoms with van der Waals surface area (Å²) in [6, 6.07) is 7.39. The molecule has 0 bridgehead atoms. The van der Waals surface area contributed by atoms with Crippen molar-refractivity contribution < 1.29 is 14.2 Å². The second kappa shape index (κ2) is 9.34. The van der Waals surface area contributed by atoms with E-state index in [0.717, 1.165) is 27.1 Å². The van der Waals surface area contributed by atoms with E-state index in [2.05, 4.69) is 25.6 Å². The smallest absolute Gasteiger partial charge is 0.227 e. The lowest BCUT2D eigenvalue weighted by atomic mass is 10.2. The number of hydrogen-bond acceptors (Lipinski definition) is 9. The maximum Gasteiger partial charge on any atom is 0.227 e. The van der Waals surface area contributed by atoms with Gasteiger partial charge in [-0.25, -0.2) is 15.0 Å². The summed E-state index contributed by atoms with van der Waals surface area (Å²) in [6.07, 6.45) is 1.72. The Hall–Kier alpha value is -2.91. The highest BCUT2D eigenvalue weighted by Gasteiger charge is 2.12. The Morgan fingerprint density at radius 3 is 2.46 bits per heavy atom. The van der Waals surface area contributed by atoms with E-state index in [-0.39, 0.29) is 0 Å². The van der Waals surface area contributed by atoms with Crippen molar-refractivity contribution in [3.05, 3.63) is 36.2 Å². The number of thiazole rings is 1. The third-order valence-electron chi connectivity index (χ3n) is 3.87. The number of nitrogens with zero attached hydrogens (tertiary/aromatic N) is 3. The van der Waals surface area contributed by atoms with Crippen LogP contribution in [0.5, 0.6) is 11.5 Å². The molecule has 148 valence electrons. The predicted molar refractivity (Wildman–Crippen MR) is 111 cm³/mol. The Morgan fingerprint density at radius 1 is 1.04 bits per heavy atom. The molecule has 9 heteroatoms. The number of nitrogens with one attached hydrogen (secondary N) is 2. The predicted octanol–water partition coefficient (Wildman–Crippen LogP) is 3.73. The zero-order valence-electron chi connectivity index (χ0n) is 16.3. The molecule has 0 atom stereocenters. The van der Waals surface area contributed by atoms with Crippen molar-refractivity contribution in [2.45, 2.75) is 6.92 Å². The molecule has 2 heterocycles. The molecule has 0 unspecified atom stereocenters. The van der Waals surface area contributed by atoms with Crippen LogP contribution in [0.1, 0.15) is 5.69 Å². The second-order valence-electron chi connectivity index (χ2n) is 5.84. The second-order valence-corrected chi connectivity index (χ2v) is 6.84. The monoisotopic (exact) mass is 401 g/mol. The molecule has 2 aromatic heterocycles. The average Bonchev–Trinajstić information content (AvgIpc) is 3.08. The molecule has 3 rings (SSSR count). The van der Waals surface area contributed by atoms with Crippen LogP contribution in [0.25, 0.3) is 10.6 Å². The van der Waals surface area contributed by atoms with Crippen LogP contribution in [-0.4, -0.2) is 49.4 Å². The van der Waals surface area contributed by atoms with Gasteiger partial charge in [0.2, 0.25) is 5.95 Å². The quantitative estimate of drug-likeness (QED) is 0.524. The third kappa shape index (κ3) is 4.87. The van der Waals surface area contributed by atoms with Crippen molar-refractivity contribution in [2.24, 2.45) is 0 Å². The fourth-order valence-electron chi connectivity index (χ4n) is 2.52. The first-order valence-corrected chi connectivity index (χ1v) is 9.48. The molecular weight excluding hydrogens is 378 g/mol. The number of methoxy groups -OCH3 is 3. The molecule has 8 nitrogen and oxygen atoms in total. The van der Waals surface area contributed by atoms with E-state index in [9.17, 15) is 0 Å². The van der Waals surface area contributed by atoms with E-state index < -0.39 is 0 Å². The first kappa shape index (κ1) is 19.8. The largest absolute Gasteiger partial charge is 0.497 e. The summed E-state index contributed by atoms with van der Waals surface area (Å²) in [5.74, 6) is 1.85. The minimum Gasteiger partial charge on any atom is -0.497 e. The summed E-state index contributed by atoms with van der Waals surface area (Å²) in [7, 11) is 4.90. The van der Waals surface area contributed by atoms with Gasteiger partial charge in [0.05, 0.1) is 37.1 Å². The molecule has 0 aliphatic heterocycles. The van der Waals surface area contributed by atoms with Crippen molar-refractivity contribution in [3.8, 4) is 22.1 Å². The maximum absolute atomic E-state index is 5.30. The molecular formula is C19H23N5O3S. The molecule has 3 aromatic rings. The van der Waals surface area contributed by atoms with Gasteiger partial charge in [-0.3, -0.25) is 0 Å². The highest BCUT2D eigenvalue weighted by atomic mass is 32.1. The van der Waals surface area contributed by atoms with Gasteiger partial charge in [0.1, 0.15) is 11.5 Å². The Bertz CT molecular complexity index is 909. The van der Waals surface area contributed by atoms with E-state index in [1.165, 1.54) is 0 Å². The highest BCUT2D eigenvalue weighted by molar-refractivity contribution is 7.19. The lowest BCUT2D eigenvalue weighted by Gasteiger charge is -2.10. The molecule has 0 amide bonds. The van der Waals surface area contributed by atoms with Gasteiger partial charge in [0.25, 0.3) is 0 Å². The van der Waals surface area contributed by atoms with Crippen LogP contribution < -0.4 is 20.1 Å². The third-order valence-corrected chi connectivity index (χ3v) is 5.01. The summed E-state index contributed by atoms with van der Waals surface area (Å²) in [5.41, 5.74) is 2.50. The van der Waals surface area contributed by atoms with Gasteiger partial charge in [-0.1, -0.05) is 11.3 Å². The van der Waals surface area contributed by atoms with Gasteiger partial charge in [-0.15, -0.1) is 0 Å². The van der Waals surface area contributed by atoms with E-state index in [1.807, 2.05) is 25.1 Å². The van der Waals surface area contributed by atoms with Gasteiger partial charge in [0, 0.05) is 43.7 Å². The van der Waals surface area contributed by atoms with Crippen LogP contribution in [0.2, 0.25) is 0 Å². The van der Waals surface area contributed by atoms with Crippen LogP contribution in [-0.2, 0) is 4.74 Å². The van der Waals surface area contributed by atoms with Gasteiger partial charge >= 0.3 is 0 Å². The van der Waals surface area contributed by atoms with Crippen LogP contribution in [0, 0.1) is 6.92 Å². The Labute approximate surface area is 167 Å².